The number of hydrogen-bond donors (Lipinski definition) is 2. The number of aryl methyl sites for hydroxylation is 2. The predicted octanol–water partition coefficient (Wildman–Crippen LogP) is 2.97. The molecule has 2 aromatic heterocycles. The van der Waals surface area contributed by atoms with Crippen LogP contribution >= 0.6 is 0 Å². The monoisotopic (exact) mass is 351 g/mol. The van der Waals surface area contributed by atoms with E-state index in [9.17, 15) is 0 Å². The number of aromatic nitrogens is 2. The maximum atomic E-state index is 5.32. The molecule has 0 bridgehead atoms. The summed E-state index contributed by atoms with van der Waals surface area (Å²) in [5.41, 5.74) is 1.37. The molecule has 0 aliphatic heterocycles. The van der Waals surface area contributed by atoms with Crippen molar-refractivity contribution >= 4 is 5.96 Å². The summed E-state index contributed by atoms with van der Waals surface area (Å²) in [6, 6.07) is 14.4. The first-order valence-corrected chi connectivity index (χ1v) is 8.86. The van der Waals surface area contributed by atoms with Crippen molar-refractivity contribution in [2.45, 2.75) is 32.5 Å². The van der Waals surface area contributed by atoms with E-state index in [0.29, 0.717) is 13.1 Å². The molecular weight excluding hydrogens is 326 g/mol. The standard InChI is InChI=1S/C20H25N5O/c1-21-20(23-15-18-10-6-14-26-18)24-16-19-22-11-13-25(19)12-5-9-17-7-3-2-4-8-17/h2-4,6-8,10-11,13-14H,5,9,12,15-16H2,1H3,(H2,21,23,24). The summed E-state index contributed by atoms with van der Waals surface area (Å²) in [6.45, 7) is 2.17. The molecule has 136 valence electrons. The van der Waals surface area contributed by atoms with Crippen LogP contribution in [0, 0.1) is 0 Å². The molecule has 3 aromatic rings. The molecular formula is C20H25N5O. The molecule has 0 saturated heterocycles. The molecule has 0 spiro atoms. The Hall–Kier alpha value is -3.02. The average Bonchev–Trinajstić information content (AvgIpc) is 3.35. The zero-order valence-corrected chi connectivity index (χ0v) is 15.1. The Morgan fingerprint density at radius 1 is 1.12 bits per heavy atom. The lowest BCUT2D eigenvalue weighted by molar-refractivity contribution is 0.501. The third-order valence-corrected chi connectivity index (χ3v) is 4.16. The largest absolute Gasteiger partial charge is 0.467 e. The van der Waals surface area contributed by atoms with Gasteiger partial charge in [-0.2, -0.15) is 0 Å². The van der Waals surface area contributed by atoms with E-state index in [4.69, 9.17) is 4.42 Å². The molecule has 6 heteroatoms. The van der Waals surface area contributed by atoms with Gasteiger partial charge in [-0.05, 0) is 30.5 Å². The maximum Gasteiger partial charge on any atom is 0.191 e. The number of guanidine groups is 1. The van der Waals surface area contributed by atoms with Gasteiger partial charge in [-0.3, -0.25) is 4.99 Å². The Morgan fingerprint density at radius 3 is 2.73 bits per heavy atom. The third-order valence-electron chi connectivity index (χ3n) is 4.16. The van der Waals surface area contributed by atoms with Crippen LogP contribution in [0.25, 0.3) is 0 Å². The summed E-state index contributed by atoms with van der Waals surface area (Å²) in [5.74, 6) is 2.59. The number of nitrogens with one attached hydrogen (secondary N) is 2. The van der Waals surface area contributed by atoms with Crippen molar-refractivity contribution in [1.29, 1.82) is 0 Å². The third kappa shape index (κ3) is 5.24. The highest BCUT2D eigenvalue weighted by atomic mass is 16.3. The molecule has 0 atom stereocenters. The fraction of sp³-hybridized carbons (Fsp3) is 0.300. The minimum atomic E-state index is 0.595. The smallest absolute Gasteiger partial charge is 0.191 e. The molecule has 0 amide bonds. The van der Waals surface area contributed by atoms with Crippen LogP contribution in [0.5, 0.6) is 0 Å². The normalized spacial score (nSPS) is 11.5. The number of aliphatic imine (C=N–C) groups is 1. The zero-order valence-electron chi connectivity index (χ0n) is 15.1. The molecule has 0 aliphatic rings. The van der Waals surface area contributed by atoms with Gasteiger partial charge >= 0.3 is 0 Å². The minimum Gasteiger partial charge on any atom is -0.467 e. The van der Waals surface area contributed by atoms with E-state index >= 15 is 0 Å². The highest BCUT2D eigenvalue weighted by molar-refractivity contribution is 5.79. The van der Waals surface area contributed by atoms with Crippen molar-refractivity contribution in [1.82, 2.24) is 20.2 Å². The summed E-state index contributed by atoms with van der Waals surface area (Å²) in [7, 11) is 1.75. The summed E-state index contributed by atoms with van der Waals surface area (Å²) >= 11 is 0. The first-order valence-electron chi connectivity index (χ1n) is 8.86. The van der Waals surface area contributed by atoms with Gasteiger partial charge in [0.05, 0.1) is 19.4 Å². The summed E-state index contributed by atoms with van der Waals surface area (Å²) < 4.78 is 7.51. The van der Waals surface area contributed by atoms with Gasteiger partial charge in [-0.25, -0.2) is 4.98 Å². The van der Waals surface area contributed by atoms with Crippen molar-refractivity contribution in [3.8, 4) is 0 Å². The van der Waals surface area contributed by atoms with Crippen LogP contribution in [-0.2, 0) is 26.1 Å². The second-order valence-electron chi connectivity index (χ2n) is 5.98. The lowest BCUT2D eigenvalue weighted by Gasteiger charge is -2.12. The van der Waals surface area contributed by atoms with E-state index in [1.165, 1.54) is 5.56 Å². The van der Waals surface area contributed by atoms with E-state index in [-0.39, 0.29) is 0 Å². The van der Waals surface area contributed by atoms with Gasteiger partial charge in [0.15, 0.2) is 5.96 Å². The molecule has 1 aromatic carbocycles. The van der Waals surface area contributed by atoms with E-state index < -0.39 is 0 Å². The van der Waals surface area contributed by atoms with E-state index in [2.05, 4.69) is 55.5 Å². The number of furan rings is 1. The number of rotatable bonds is 8. The van der Waals surface area contributed by atoms with Crippen LogP contribution in [0.2, 0.25) is 0 Å². The van der Waals surface area contributed by atoms with Crippen LogP contribution in [0.4, 0.5) is 0 Å². The SMILES string of the molecule is CN=C(NCc1ccco1)NCc1nccn1CCCc1ccccc1. The Labute approximate surface area is 154 Å². The zero-order chi connectivity index (χ0) is 18.0. The lowest BCUT2D eigenvalue weighted by atomic mass is 10.1. The van der Waals surface area contributed by atoms with E-state index in [1.54, 1.807) is 13.3 Å². The summed E-state index contributed by atoms with van der Waals surface area (Å²) in [6.07, 6.45) is 7.69. The predicted molar refractivity (Wildman–Crippen MR) is 103 cm³/mol. The number of benzene rings is 1. The molecule has 6 nitrogen and oxygen atoms in total. The van der Waals surface area contributed by atoms with Gasteiger partial charge in [-0.15, -0.1) is 0 Å². The van der Waals surface area contributed by atoms with Crippen LogP contribution in [0.15, 0.2) is 70.5 Å². The second-order valence-corrected chi connectivity index (χ2v) is 5.98. The van der Waals surface area contributed by atoms with Crippen LogP contribution in [0.1, 0.15) is 23.6 Å². The Bertz CT molecular complexity index is 793. The van der Waals surface area contributed by atoms with Crippen molar-refractivity contribution in [2.75, 3.05) is 7.05 Å². The van der Waals surface area contributed by atoms with Gasteiger partial charge in [0, 0.05) is 26.0 Å². The summed E-state index contributed by atoms with van der Waals surface area (Å²) in [4.78, 5) is 8.69. The molecule has 0 saturated carbocycles. The van der Waals surface area contributed by atoms with Gasteiger partial charge in [0.2, 0.25) is 0 Å². The summed E-state index contributed by atoms with van der Waals surface area (Å²) in [5, 5.41) is 6.52. The topological polar surface area (TPSA) is 67.4 Å². The fourth-order valence-electron chi connectivity index (χ4n) is 2.78. The minimum absolute atomic E-state index is 0.595. The van der Waals surface area contributed by atoms with Gasteiger partial charge in [0.1, 0.15) is 11.6 Å². The second kappa shape index (κ2) is 9.46. The molecule has 0 aliphatic carbocycles. The molecule has 0 radical (unpaired) electrons. The highest BCUT2D eigenvalue weighted by Crippen LogP contribution is 2.06. The van der Waals surface area contributed by atoms with Crippen molar-refractivity contribution in [3.63, 3.8) is 0 Å². The maximum absolute atomic E-state index is 5.32. The Morgan fingerprint density at radius 2 is 1.96 bits per heavy atom. The van der Waals surface area contributed by atoms with Crippen LogP contribution < -0.4 is 10.6 Å². The lowest BCUT2D eigenvalue weighted by Crippen LogP contribution is -2.36. The fourth-order valence-corrected chi connectivity index (χ4v) is 2.78. The van der Waals surface area contributed by atoms with E-state index in [0.717, 1.165) is 36.9 Å². The highest BCUT2D eigenvalue weighted by Gasteiger charge is 2.05. The Kier molecular flexibility index (Phi) is 6.47. The Balaban J connectivity index is 1.45. The van der Waals surface area contributed by atoms with Gasteiger partial charge < -0.3 is 19.6 Å². The van der Waals surface area contributed by atoms with Gasteiger partial charge in [0.25, 0.3) is 0 Å². The number of hydrogen-bond acceptors (Lipinski definition) is 3. The quantitative estimate of drug-likeness (QED) is 0.484. The number of nitrogens with zero attached hydrogens (tertiary/aromatic N) is 3. The van der Waals surface area contributed by atoms with Crippen molar-refractivity contribution < 1.29 is 4.42 Å². The van der Waals surface area contributed by atoms with Gasteiger partial charge in [-0.1, -0.05) is 30.3 Å². The average molecular weight is 351 g/mol. The molecule has 0 fully saturated rings. The molecule has 3 rings (SSSR count). The molecule has 2 heterocycles. The molecule has 26 heavy (non-hydrogen) atoms. The molecule has 0 unspecified atom stereocenters. The number of imidazole rings is 1. The first-order chi connectivity index (χ1) is 12.8. The van der Waals surface area contributed by atoms with Crippen LogP contribution in [0.3, 0.4) is 0 Å². The molecule has 2 N–H and O–H groups in total. The van der Waals surface area contributed by atoms with E-state index in [1.807, 2.05) is 24.5 Å². The van der Waals surface area contributed by atoms with Crippen LogP contribution in [-0.4, -0.2) is 22.6 Å². The van der Waals surface area contributed by atoms with Crippen molar-refractivity contribution in [2.24, 2.45) is 4.99 Å². The first kappa shape index (κ1) is 17.8. The van der Waals surface area contributed by atoms with Crippen molar-refractivity contribution in [3.05, 3.63) is 78.3 Å².